The fourth-order valence-corrected chi connectivity index (χ4v) is 2.20. The third kappa shape index (κ3) is 2.51. The van der Waals surface area contributed by atoms with E-state index in [0.29, 0.717) is 0 Å². The molecule has 19 heavy (non-hydrogen) atoms. The molecular weight excluding hydrogens is 240 g/mol. The summed E-state index contributed by atoms with van der Waals surface area (Å²) in [5, 5.41) is 15.1. The first-order valence-corrected chi connectivity index (χ1v) is 6.33. The Labute approximate surface area is 112 Å². The first kappa shape index (κ1) is 11.9. The Balaban J connectivity index is 1.87. The molecule has 0 unspecified atom stereocenters. The molecule has 3 rings (SSSR count). The number of aromatic nitrogens is 2. The zero-order valence-electron chi connectivity index (χ0n) is 10.8. The summed E-state index contributed by atoms with van der Waals surface area (Å²) in [5.41, 5.74) is 3.19. The summed E-state index contributed by atoms with van der Waals surface area (Å²) in [6.45, 7) is 1.83. The highest BCUT2D eigenvalue weighted by atomic mass is 16.5. The van der Waals surface area contributed by atoms with Gasteiger partial charge in [0, 0.05) is 19.5 Å². The monoisotopic (exact) mass is 256 g/mol. The lowest BCUT2D eigenvalue weighted by Gasteiger charge is -2.16. The summed E-state index contributed by atoms with van der Waals surface area (Å²) in [4.78, 5) is 0. The van der Waals surface area contributed by atoms with E-state index in [1.807, 2.05) is 30.3 Å². The number of benzene rings is 1. The predicted octanol–water partition coefficient (Wildman–Crippen LogP) is 1.87. The van der Waals surface area contributed by atoms with Gasteiger partial charge in [0.1, 0.15) is 5.75 Å². The first-order chi connectivity index (χ1) is 9.36. The third-order valence-corrected chi connectivity index (χ3v) is 3.18. The van der Waals surface area contributed by atoms with Crippen LogP contribution in [0.1, 0.15) is 11.3 Å². The summed E-state index contributed by atoms with van der Waals surface area (Å²) >= 11 is 0. The molecule has 1 aromatic heterocycles. The van der Waals surface area contributed by atoms with Crippen LogP contribution in [0, 0.1) is 0 Å². The van der Waals surface area contributed by atoms with E-state index in [-0.39, 0.29) is 0 Å². The van der Waals surface area contributed by atoms with Crippen LogP contribution in [0.25, 0.3) is 0 Å². The molecule has 2 N–H and O–H groups in total. The van der Waals surface area contributed by atoms with Crippen LogP contribution in [0.5, 0.6) is 5.75 Å². The largest absolute Gasteiger partial charge is 0.495 e. The Morgan fingerprint density at radius 2 is 2.16 bits per heavy atom. The molecule has 1 aliphatic rings. The second-order valence-electron chi connectivity index (χ2n) is 4.45. The van der Waals surface area contributed by atoms with E-state index in [1.165, 1.54) is 5.56 Å². The number of nitrogens with zero attached hydrogens (tertiary/aromatic N) is 2. The Hall–Kier alpha value is -2.14. The molecule has 0 radical (unpaired) electrons. The van der Waals surface area contributed by atoms with E-state index in [4.69, 9.17) is 4.74 Å². The van der Waals surface area contributed by atoms with Gasteiger partial charge in [-0.1, -0.05) is 12.1 Å². The lowest BCUT2D eigenvalue weighted by Crippen LogP contribution is -2.25. The average Bonchev–Trinajstić information content (AvgIpc) is 2.48. The minimum Gasteiger partial charge on any atom is -0.495 e. The van der Waals surface area contributed by atoms with E-state index in [2.05, 4.69) is 20.8 Å². The van der Waals surface area contributed by atoms with Crippen LogP contribution in [-0.4, -0.2) is 23.9 Å². The van der Waals surface area contributed by atoms with Gasteiger partial charge in [-0.15, -0.1) is 5.10 Å². The highest BCUT2D eigenvalue weighted by Crippen LogP contribution is 2.26. The van der Waals surface area contributed by atoms with Crippen molar-refractivity contribution in [3.63, 3.8) is 0 Å². The van der Waals surface area contributed by atoms with Crippen LogP contribution < -0.4 is 15.4 Å². The van der Waals surface area contributed by atoms with Gasteiger partial charge in [-0.25, -0.2) is 0 Å². The summed E-state index contributed by atoms with van der Waals surface area (Å²) < 4.78 is 5.31. The molecule has 0 atom stereocenters. The molecular formula is C14H16N4O. The predicted molar refractivity (Wildman–Crippen MR) is 73.7 cm³/mol. The highest BCUT2D eigenvalue weighted by Gasteiger charge is 2.12. The molecule has 0 saturated heterocycles. The fourth-order valence-electron chi connectivity index (χ4n) is 2.20. The molecule has 0 aliphatic carbocycles. The molecule has 0 bridgehead atoms. The van der Waals surface area contributed by atoms with Crippen LogP contribution in [0.3, 0.4) is 0 Å². The maximum atomic E-state index is 5.31. The number of ether oxygens (including phenoxy) is 1. The van der Waals surface area contributed by atoms with Gasteiger partial charge in [-0.2, -0.15) is 5.10 Å². The van der Waals surface area contributed by atoms with Gasteiger partial charge in [0.25, 0.3) is 0 Å². The van der Waals surface area contributed by atoms with Crippen LogP contribution in [0.2, 0.25) is 0 Å². The van der Waals surface area contributed by atoms with Gasteiger partial charge < -0.3 is 15.4 Å². The molecule has 1 aliphatic heterocycles. The van der Waals surface area contributed by atoms with Crippen molar-refractivity contribution in [2.24, 2.45) is 0 Å². The number of anilines is 2. The fraction of sp³-hybridized carbons (Fsp3) is 0.286. The first-order valence-electron chi connectivity index (χ1n) is 6.33. The molecule has 2 heterocycles. The van der Waals surface area contributed by atoms with Gasteiger partial charge in [-0.05, 0) is 23.8 Å². The van der Waals surface area contributed by atoms with Crippen molar-refractivity contribution in [3.05, 3.63) is 41.6 Å². The van der Waals surface area contributed by atoms with Crippen LogP contribution in [0.4, 0.5) is 11.5 Å². The van der Waals surface area contributed by atoms with E-state index in [0.717, 1.165) is 42.5 Å². The SMILES string of the molecule is COc1ccccc1Nc1cc2c(nn1)CCNC2. The zero-order chi connectivity index (χ0) is 13.1. The zero-order valence-corrected chi connectivity index (χ0v) is 10.8. The summed E-state index contributed by atoms with van der Waals surface area (Å²) in [5.74, 6) is 1.53. The lowest BCUT2D eigenvalue weighted by molar-refractivity contribution is 0.417. The molecule has 1 aromatic carbocycles. The second kappa shape index (κ2) is 5.24. The van der Waals surface area contributed by atoms with E-state index in [1.54, 1.807) is 7.11 Å². The summed E-state index contributed by atoms with van der Waals surface area (Å²) in [6, 6.07) is 9.81. The van der Waals surface area contributed by atoms with Crippen molar-refractivity contribution in [1.82, 2.24) is 15.5 Å². The molecule has 2 aromatic rings. The van der Waals surface area contributed by atoms with Crippen LogP contribution >= 0.6 is 0 Å². The Morgan fingerprint density at radius 3 is 3.05 bits per heavy atom. The van der Waals surface area contributed by atoms with E-state index in [9.17, 15) is 0 Å². The van der Waals surface area contributed by atoms with Gasteiger partial charge in [0.05, 0.1) is 18.5 Å². The Bertz CT molecular complexity index is 585. The van der Waals surface area contributed by atoms with Crippen molar-refractivity contribution in [1.29, 1.82) is 0 Å². The quantitative estimate of drug-likeness (QED) is 0.878. The molecule has 0 saturated carbocycles. The standard InChI is InChI=1S/C14H16N4O/c1-19-13-5-3-2-4-12(13)16-14-8-10-9-15-7-6-11(10)17-18-14/h2-5,8,15H,6-7,9H2,1H3,(H,16,18). The number of nitrogens with one attached hydrogen (secondary N) is 2. The van der Waals surface area contributed by atoms with Crippen molar-refractivity contribution in [2.75, 3.05) is 19.0 Å². The Kier molecular flexibility index (Phi) is 3.29. The molecule has 0 spiro atoms. The summed E-state index contributed by atoms with van der Waals surface area (Å²) in [7, 11) is 1.66. The number of rotatable bonds is 3. The van der Waals surface area contributed by atoms with Gasteiger partial charge in [-0.3, -0.25) is 0 Å². The Morgan fingerprint density at radius 1 is 1.26 bits per heavy atom. The minimum absolute atomic E-state index is 0.743. The number of para-hydroxylation sites is 2. The smallest absolute Gasteiger partial charge is 0.153 e. The van der Waals surface area contributed by atoms with Crippen LogP contribution in [-0.2, 0) is 13.0 Å². The maximum absolute atomic E-state index is 5.31. The maximum Gasteiger partial charge on any atom is 0.153 e. The molecule has 98 valence electrons. The van der Waals surface area contributed by atoms with Crippen molar-refractivity contribution >= 4 is 11.5 Å². The van der Waals surface area contributed by atoms with E-state index < -0.39 is 0 Å². The van der Waals surface area contributed by atoms with E-state index >= 15 is 0 Å². The minimum atomic E-state index is 0.743. The second-order valence-corrected chi connectivity index (χ2v) is 4.45. The third-order valence-electron chi connectivity index (χ3n) is 3.18. The number of hydrogen-bond acceptors (Lipinski definition) is 5. The van der Waals surface area contributed by atoms with Gasteiger partial charge in [0.2, 0.25) is 0 Å². The van der Waals surface area contributed by atoms with Crippen molar-refractivity contribution in [2.45, 2.75) is 13.0 Å². The normalized spacial score (nSPS) is 13.7. The van der Waals surface area contributed by atoms with Gasteiger partial charge in [0.15, 0.2) is 5.82 Å². The highest BCUT2D eigenvalue weighted by molar-refractivity contribution is 5.64. The number of hydrogen-bond donors (Lipinski definition) is 2. The average molecular weight is 256 g/mol. The lowest BCUT2D eigenvalue weighted by atomic mass is 10.1. The van der Waals surface area contributed by atoms with Gasteiger partial charge >= 0.3 is 0 Å². The van der Waals surface area contributed by atoms with Crippen molar-refractivity contribution < 1.29 is 4.74 Å². The summed E-state index contributed by atoms with van der Waals surface area (Å²) in [6.07, 6.45) is 0.942. The molecule has 5 nitrogen and oxygen atoms in total. The molecule has 0 fully saturated rings. The number of methoxy groups -OCH3 is 1. The molecule has 5 heteroatoms. The van der Waals surface area contributed by atoms with Crippen molar-refractivity contribution in [3.8, 4) is 5.75 Å². The topological polar surface area (TPSA) is 59.1 Å². The number of fused-ring (bicyclic) bond motifs is 1. The molecule has 0 amide bonds. The van der Waals surface area contributed by atoms with Crippen LogP contribution in [0.15, 0.2) is 30.3 Å².